The Bertz CT molecular complexity index is 254. The fourth-order valence-corrected chi connectivity index (χ4v) is 1.54. The fraction of sp³-hybridized carbons (Fsp3) is 0.636. The third-order valence-electron chi connectivity index (χ3n) is 2.32. The molecular weight excluding hydrogens is 176 g/mol. The Morgan fingerprint density at radius 2 is 1.93 bits per heavy atom. The minimum atomic E-state index is -0.0699. The lowest BCUT2D eigenvalue weighted by molar-refractivity contribution is 0.0120. The summed E-state index contributed by atoms with van der Waals surface area (Å²) in [7, 11) is 1.75. The van der Waals surface area contributed by atoms with Crippen LogP contribution in [0.15, 0.2) is 24.5 Å². The number of rotatable bonds is 5. The van der Waals surface area contributed by atoms with Crippen LogP contribution in [0, 0.1) is 0 Å². The lowest BCUT2D eigenvalue weighted by Gasteiger charge is -2.27. The zero-order valence-electron chi connectivity index (χ0n) is 9.45. The molecule has 3 nitrogen and oxygen atoms in total. The zero-order valence-corrected chi connectivity index (χ0v) is 9.45. The van der Waals surface area contributed by atoms with Gasteiger partial charge in [0.25, 0.3) is 0 Å². The molecule has 0 aromatic carbocycles. The number of ether oxygens (including phenoxy) is 1. The van der Waals surface area contributed by atoms with Crippen molar-refractivity contribution in [3.8, 4) is 0 Å². The van der Waals surface area contributed by atoms with Crippen LogP contribution in [0.25, 0.3) is 0 Å². The molecule has 14 heavy (non-hydrogen) atoms. The quantitative estimate of drug-likeness (QED) is 0.781. The molecule has 0 saturated heterocycles. The Kier molecular flexibility index (Phi) is 3.58. The maximum atomic E-state index is 5.38. The van der Waals surface area contributed by atoms with Gasteiger partial charge in [0, 0.05) is 25.5 Å². The second-order valence-electron chi connectivity index (χ2n) is 4.29. The van der Waals surface area contributed by atoms with Crippen LogP contribution in [-0.4, -0.2) is 23.4 Å². The van der Waals surface area contributed by atoms with Crippen LogP contribution in [0.3, 0.4) is 0 Å². The van der Waals surface area contributed by atoms with E-state index in [1.165, 1.54) is 0 Å². The number of methoxy groups -OCH3 is 1. The first-order valence-electron chi connectivity index (χ1n) is 4.98. The van der Waals surface area contributed by atoms with Gasteiger partial charge in [-0.1, -0.05) is 0 Å². The molecule has 0 radical (unpaired) electrons. The summed E-state index contributed by atoms with van der Waals surface area (Å²) in [5, 5.41) is 0. The number of hydrogen-bond acceptors (Lipinski definition) is 2. The van der Waals surface area contributed by atoms with E-state index in [1.54, 1.807) is 7.11 Å². The summed E-state index contributed by atoms with van der Waals surface area (Å²) < 4.78 is 7.35. The molecule has 0 saturated carbocycles. The third kappa shape index (κ3) is 3.42. The molecule has 1 aromatic heterocycles. The summed E-state index contributed by atoms with van der Waals surface area (Å²) >= 11 is 0. The van der Waals surface area contributed by atoms with Gasteiger partial charge in [0.05, 0.1) is 5.60 Å². The van der Waals surface area contributed by atoms with Crippen molar-refractivity contribution in [1.29, 1.82) is 0 Å². The van der Waals surface area contributed by atoms with Crippen molar-refractivity contribution in [2.45, 2.75) is 38.8 Å². The van der Waals surface area contributed by atoms with E-state index in [0.717, 1.165) is 6.42 Å². The molecule has 0 fully saturated rings. The summed E-state index contributed by atoms with van der Waals surface area (Å²) in [5.74, 6) is 0. The van der Waals surface area contributed by atoms with E-state index in [-0.39, 0.29) is 5.60 Å². The molecule has 1 rings (SSSR count). The van der Waals surface area contributed by atoms with E-state index >= 15 is 0 Å². The van der Waals surface area contributed by atoms with Gasteiger partial charge in [-0.3, -0.25) is 4.68 Å². The van der Waals surface area contributed by atoms with Crippen molar-refractivity contribution in [2.24, 2.45) is 0 Å². The average molecular weight is 196 g/mol. The number of aromatic nitrogens is 1. The van der Waals surface area contributed by atoms with Gasteiger partial charge in [-0.05, 0) is 39.3 Å². The molecule has 0 spiro atoms. The minimum absolute atomic E-state index is 0.0699. The monoisotopic (exact) mass is 196 g/mol. The molecule has 1 unspecified atom stereocenters. The fourth-order valence-electron chi connectivity index (χ4n) is 1.54. The molecule has 0 amide bonds. The van der Waals surface area contributed by atoms with Crippen molar-refractivity contribution in [3.05, 3.63) is 24.5 Å². The molecular formula is C11H20N2O. The van der Waals surface area contributed by atoms with E-state index in [2.05, 4.69) is 26.2 Å². The predicted octanol–water partition coefficient (Wildman–Crippen LogP) is 2.24. The summed E-state index contributed by atoms with van der Waals surface area (Å²) in [6.07, 6.45) is 4.97. The number of nitrogens with zero attached hydrogens (tertiary/aromatic N) is 1. The van der Waals surface area contributed by atoms with Gasteiger partial charge in [-0.25, -0.2) is 0 Å². The van der Waals surface area contributed by atoms with Crippen LogP contribution in [0.2, 0.25) is 0 Å². The summed E-state index contributed by atoms with van der Waals surface area (Å²) in [6, 6.07) is 4.39. The molecule has 0 bridgehead atoms. The van der Waals surface area contributed by atoms with E-state index in [4.69, 9.17) is 4.74 Å². The minimum Gasteiger partial charge on any atom is -0.379 e. The van der Waals surface area contributed by atoms with E-state index < -0.39 is 0 Å². The molecule has 0 aliphatic carbocycles. The second kappa shape index (κ2) is 4.51. The van der Waals surface area contributed by atoms with Crippen LogP contribution in [0.1, 0.15) is 27.2 Å². The van der Waals surface area contributed by atoms with Crippen LogP contribution in [-0.2, 0) is 4.74 Å². The van der Waals surface area contributed by atoms with Gasteiger partial charge >= 0.3 is 0 Å². The first kappa shape index (κ1) is 11.1. The van der Waals surface area contributed by atoms with Gasteiger partial charge in [-0.2, -0.15) is 0 Å². The highest BCUT2D eigenvalue weighted by molar-refractivity contribution is 4.95. The normalized spacial score (nSPS) is 14.0. The molecule has 3 heteroatoms. The van der Waals surface area contributed by atoms with Crippen LogP contribution in [0.5, 0.6) is 0 Å². The highest BCUT2D eigenvalue weighted by Gasteiger charge is 2.19. The maximum absolute atomic E-state index is 5.38. The Balaban J connectivity index is 2.40. The Morgan fingerprint density at radius 1 is 1.36 bits per heavy atom. The average Bonchev–Trinajstić information content (AvgIpc) is 2.55. The van der Waals surface area contributed by atoms with Crippen LogP contribution < -0.4 is 5.43 Å². The summed E-state index contributed by atoms with van der Waals surface area (Å²) in [6.45, 7) is 6.35. The molecule has 1 heterocycles. The highest BCUT2D eigenvalue weighted by atomic mass is 16.5. The van der Waals surface area contributed by atoms with Gasteiger partial charge in [0.1, 0.15) is 0 Å². The largest absolute Gasteiger partial charge is 0.379 e. The van der Waals surface area contributed by atoms with Gasteiger partial charge in [-0.15, -0.1) is 0 Å². The van der Waals surface area contributed by atoms with Crippen molar-refractivity contribution < 1.29 is 4.74 Å². The van der Waals surface area contributed by atoms with E-state index in [9.17, 15) is 0 Å². The molecule has 0 aliphatic rings. The van der Waals surface area contributed by atoms with Crippen molar-refractivity contribution >= 4 is 0 Å². The SMILES string of the molecule is COC(C)(C)CC(C)Nn1cccc1. The third-order valence-corrected chi connectivity index (χ3v) is 2.32. The highest BCUT2D eigenvalue weighted by Crippen LogP contribution is 2.15. The van der Waals surface area contributed by atoms with Gasteiger partial charge in [0.15, 0.2) is 0 Å². The molecule has 1 aromatic rings. The Hall–Kier alpha value is -0.960. The zero-order chi connectivity index (χ0) is 10.6. The summed E-state index contributed by atoms with van der Waals surface area (Å²) in [4.78, 5) is 0. The molecule has 80 valence electrons. The van der Waals surface area contributed by atoms with Crippen LogP contribution >= 0.6 is 0 Å². The van der Waals surface area contributed by atoms with E-state index in [1.807, 2.05) is 29.2 Å². The maximum Gasteiger partial charge on any atom is 0.0642 e. The Morgan fingerprint density at radius 3 is 2.43 bits per heavy atom. The lowest BCUT2D eigenvalue weighted by atomic mass is 10.0. The predicted molar refractivity (Wildman–Crippen MR) is 59.0 cm³/mol. The standard InChI is InChI=1S/C11H20N2O/c1-10(9-11(2,3)14-4)12-13-7-5-6-8-13/h5-8,10,12H,9H2,1-4H3. The second-order valence-corrected chi connectivity index (χ2v) is 4.29. The summed E-state index contributed by atoms with van der Waals surface area (Å²) in [5.41, 5.74) is 3.28. The van der Waals surface area contributed by atoms with Gasteiger partial charge in [0.2, 0.25) is 0 Å². The molecule has 1 atom stereocenters. The van der Waals surface area contributed by atoms with Crippen molar-refractivity contribution in [3.63, 3.8) is 0 Å². The van der Waals surface area contributed by atoms with Crippen molar-refractivity contribution in [1.82, 2.24) is 4.68 Å². The Labute approximate surface area is 86.0 Å². The first-order chi connectivity index (χ1) is 6.53. The molecule has 1 N–H and O–H groups in total. The lowest BCUT2D eigenvalue weighted by Crippen LogP contribution is -2.34. The smallest absolute Gasteiger partial charge is 0.0642 e. The van der Waals surface area contributed by atoms with Gasteiger partial charge < -0.3 is 10.2 Å². The first-order valence-corrected chi connectivity index (χ1v) is 4.98. The number of nitrogens with one attached hydrogen (secondary N) is 1. The molecule has 0 aliphatic heterocycles. The van der Waals surface area contributed by atoms with E-state index in [0.29, 0.717) is 6.04 Å². The topological polar surface area (TPSA) is 26.2 Å². The van der Waals surface area contributed by atoms with Crippen molar-refractivity contribution in [2.75, 3.05) is 12.5 Å². The van der Waals surface area contributed by atoms with Crippen LogP contribution in [0.4, 0.5) is 0 Å². The number of hydrogen-bond donors (Lipinski definition) is 1.